The lowest BCUT2D eigenvalue weighted by atomic mass is 9.95. The Morgan fingerprint density at radius 3 is 1.96 bits per heavy atom. The first-order valence-corrected chi connectivity index (χ1v) is 8.95. The Labute approximate surface area is 144 Å². The Balaban J connectivity index is 1.63. The van der Waals surface area contributed by atoms with Crippen LogP contribution >= 0.6 is 0 Å². The highest BCUT2D eigenvalue weighted by molar-refractivity contribution is 5.78. The van der Waals surface area contributed by atoms with E-state index in [4.69, 9.17) is 0 Å². The summed E-state index contributed by atoms with van der Waals surface area (Å²) in [6, 6.07) is 21.0. The van der Waals surface area contributed by atoms with Crippen molar-refractivity contribution in [3.8, 4) is 0 Å². The molecule has 0 atom stereocenters. The summed E-state index contributed by atoms with van der Waals surface area (Å²) in [5, 5.41) is 6.61. The number of carbonyl (C=O) groups excluding carboxylic acids is 1. The Morgan fingerprint density at radius 1 is 0.875 bits per heavy atom. The summed E-state index contributed by atoms with van der Waals surface area (Å²) in [4.78, 5) is 12.3. The van der Waals surface area contributed by atoms with Crippen molar-refractivity contribution in [3.63, 3.8) is 0 Å². The number of rotatable bonds is 6. The quantitative estimate of drug-likeness (QED) is 0.849. The summed E-state index contributed by atoms with van der Waals surface area (Å²) in [5.41, 5.74) is 2.35. The average molecular weight is 322 g/mol. The fourth-order valence-electron chi connectivity index (χ4n) is 3.44. The fraction of sp³-hybridized carbons (Fsp3) is 0.381. The largest absolute Gasteiger partial charge is 0.352 e. The molecule has 126 valence electrons. The minimum absolute atomic E-state index is 0.0319. The van der Waals surface area contributed by atoms with E-state index in [2.05, 4.69) is 34.9 Å². The van der Waals surface area contributed by atoms with Crippen LogP contribution in [0.1, 0.15) is 49.3 Å². The minimum Gasteiger partial charge on any atom is -0.352 e. The van der Waals surface area contributed by atoms with Crippen molar-refractivity contribution in [2.75, 3.05) is 6.54 Å². The maximum atomic E-state index is 12.3. The molecule has 0 aliphatic heterocycles. The fourth-order valence-corrected chi connectivity index (χ4v) is 3.44. The molecule has 0 heterocycles. The van der Waals surface area contributed by atoms with Crippen LogP contribution in [0.5, 0.6) is 0 Å². The van der Waals surface area contributed by atoms with Gasteiger partial charge in [-0.25, -0.2) is 0 Å². The molecule has 1 fully saturated rings. The molecule has 1 aliphatic rings. The highest BCUT2D eigenvalue weighted by Crippen LogP contribution is 2.21. The van der Waals surface area contributed by atoms with Crippen LogP contribution in [0, 0.1) is 0 Å². The maximum Gasteiger partial charge on any atom is 0.234 e. The number of carbonyl (C=O) groups is 1. The highest BCUT2D eigenvalue weighted by atomic mass is 16.1. The van der Waals surface area contributed by atoms with Gasteiger partial charge in [0.15, 0.2) is 0 Å². The monoisotopic (exact) mass is 322 g/mol. The van der Waals surface area contributed by atoms with Crippen molar-refractivity contribution in [1.29, 1.82) is 0 Å². The van der Waals surface area contributed by atoms with Crippen molar-refractivity contribution >= 4 is 5.91 Å². The minimum atomic E-state index is 0.0319. The first kappa shape index (κ1) is 16.7. The lowest BCUT2D eigenvalue weighted by molar-refractivity contribution is -0.121. The third-order valence-corrected chi connectivity index (χ3v) is 4.70. The SMILES string of the molecule is O=C(CNC(c1ccccc1)c1ccccc1)NC1CCCCC1. The van der Waals surface area contributed by atoms with E-state index in [1.165, 1.54) is 30.4 Å². The van der Waals surface area contributed by atoms with Crippen LogP contribution in [0.4, 0.5) is 0 Å². The molecule has 2 N–H and O–H groups in total. The van der Waals surface area contributed by atoms with Crippen molar-refractivity contribution in [2.45, 2.75) is 44.2 Å². The van der Waals surface area contributed by atoms with Gasteiger partial charge in [-0.05, 0) is 24.0 Å². The Hall–Kier alpha value is -2.13. The van der Waals surface area contributed by atoms with Crippen molar-refractivity contribution < 1.29 is 4.79 Å². The Kier molecular flexibility index (Phi) is 6.02. The molecule has 0 radical (unpaired) electrons. The van der Waals surface area contributed by atoms with E-state index in [9.17, 15) is 4.79 Å². The first-order valence-electron chi connectivity index (χ1n) is 8.95. The van der Waals surface area contributed by atoms with Crippen molar-refractivity contribution in [3.05, 3.63) is 71.8 Å². The normalized spacial score (nSPS) is 15.4. The molecule has 2 aromatic carbocycles. The van der Waals surface area contributed by atoms with Gasteiger partial charge in [0.05, 0.1) is 12.6 Å². The third kappa shape index (κ3) is 4.68. The maximum absolute atomic E-state index is 12.3. The van der Waals surface area contributed by atoms with Gasteiger partial charge < -0.3 is 5.32 Å². The van der Waals surface area contributed by atoms with E-state index in [1.807, 2.05) is 36.4 Å². The molecule has 3 rings (SSSR count). The van der Waals surface area contributed by atoms with Crippen LogP contribution in [0.15, 0.2) is 60.7 Å². The van der Waals surface area contributed by atoms with E-state index in [0.717, 1.165) is 12.8 Å². The van der Waals surface area contributed by atoms with E-state index in [1.54, 1.807) is 0 Å². The smallest absolute Gasteiger partial charge is 0.234 e. The Morgan fingerprint density at radius 2 is 1.42 bits per heavy atom. The summed E-state index contributed by atoms with van der Waals surface area (Å²) in [6.07, 6.45) is 6.00. The van der Waals surface area contributed by atoms with Crippen molar-refractivity contribution in [2.24, 2.45) is 0 Å². The average Bonchev–Trinajstić information content (AvgIpc) is 2.64. The predicted octanol–water partition coefficient (Wildman–Crippen LogP) is 3.81. The van der Waals surface area contributed by atoms with Gasteiger partial charge in [0.1, 0.15) is 0 Å². The van der Waals surface area contributed by atoms with Crippen LogP contribution in [0.2, 0.25) is 0 Å². The molecule has 3 heteroatoms. The van der Waals surface area contributed by atoms with Crippen LogP contribution in [0.25, 0.3) is 0 Å². The molecule has 1 saturated carbocycles. The molecule has 1 aliphatic carbocycles. The molecule has 2 aromatic rings. The van der Waals surface area contributed by atoms with Gasteiger partial charge in [-0.15, -0.1) is 0 Å². The highest BCUT2D eigenvalue weighted by Gasteiger charge is 2.18. The van der Waals surface area contributed by atoms with Crippen molar-refractivity contribution in [1.82, 2.24) is 10.6 Å². The summed E-state index contributed by atoms with van der Waals surface area (Å²) >= 11 is 0. The zero-order valence-corrected chi connectivity index (χ0v) is 14.1. The standard InChI is InChI=1S/C21H26N2O/c24-20(23-19-14-8-3-9-15-19)16-22-21(17-10-4-1-5-11-17)18-12-6-2-7-13-18/h1-2,4-7,10-13,19,21-22H,3,8-9,14-16H2,(H,23,24). The van der Waals surface area contributed by atoms with Gasteiger partial charge in [0, 0.05) is 6.04 Å². The molecule has 0 spiro atoms. The molecule has 1 amide bonds. The van der Waals surface area contributed by atoms with Gasteiger partial charge in [0.2, 0.25) is 5.91 Å². The summed E-state index contributed by atoms with van der Waals surface area (Å²) in [7, 11) is 0. The summed E-state index contributed by atoms with van der Waals surface area (Å²) in [5.74, 6) is 0.0961. The van der Waals surface area contributed by atoms with Crippen LogP contribution in [-0.2, 0) is 4.79 Å². The second-order valence-corrected chi connectivity index (χ2v) is 6.54. The molecule has 0 unspecified atom stereocenters. The van der Waals surface area contributed by atoms with Crippen LogP contribution in [-0.4, -0.2) is 18.5 Å². The topological polar surface area (TPSA) is 41.1 Å². The van der Waals surface area contributed by atoms with Gasteiger partial charge in [-0.3, -0.25) is 10.1 Å². The van der Waals surface area contributed by atoms with Crippen LogP contribution in [0.3, 0.4) is 0 Å². The van der Waals surface area contributed by atoms with Gasteiger partial charge in [-0.1, -0.05) is 79.9 Å². The number of benzene rings is 2. The first-order chi connectivity index (χ1) is 11.8. The van der Waals surface area contributed by atoms with Gasteiger partial charge in [-0.2, -0.15) is 0 Å². The number of hydrogen-bond acceptors (Lipinski definition) is 2. The van der Waals surface area contributed by atoms with Gasteiger partial charge >= 0.3 is 0 Å². The number of hydrogen-bond donors (Lipinski definition) is 2. The third-order valence-electron chi connectivity index (χ3n) is 4.70. The number of amides is 1. The van der Waals surface area contributed by atoms with Crippen LogP contribution < -0.4 is 10.6 Å². The van der Waals surface area contributed by atoms with Gasteiger partial charge in [0.25, 0.3) is 0 Å². The second-order valence-electron chi connectivity index (χ2n) is 6.54. The number of nitrogens with one attached hydrogen (secondary N) is 2. The molecular formula is C21H26N2O. The lowest BCUT2D eigenvalue weighted by Crippen LogP contribution is -2.42. The zero-order valence-electron chi connectivity index (χ0n) is 14.1. The molecule has 0 bridgehead atoms. The molecule has 24 heavy (non-hydrogen) atoms. The Bertz CT molecular complexity index is 581. The zero-order chi connectivity index (χ0) is 16.6. The van der Waals surface area contributed by atoms with E-state index < -0.39 is 0 Å². The second kappa shape index (κ2) is 8.65. The van der Waals surface area contributed by atoms with E-state index in [-0.39, 0.29) is 11.9 Å². The van der Waals surface area contributed by atoms with E-state index in [0.29, 0.717) is 12.6 Å². The summed E-state index contributed by atoms with van der Waals surface area (Å²) in [6.45, 7) is 0.338. The van der Waals surface area contributed by atoms with E-state index >= 15 is 0 Å². The lowest BCUT2D eigenvalue weighted by Gasteiger charge is -2.24. The molecule has 3 nitrogen and oxygen atoms in total. The molecule has 0 saturated heterocycles. The summed E-state index contributed by atoms with van der Waals surface area (Å²) < 4.78 is 0. The molecule has 0 aromatic heterocycles. The molecular weight excluding hydrogens is 296 g/mol. The predicted molar refractivity (Wildman–Crippen MR) is 97.7 cm³/mol.